The lowest BCUT2D eigenvalue weighted by Gasteiger charge is -2.40. The number of allylic oxidation sites excluding steroid dienone is 1. The lowest BCUT2D eigenvalue weighted by molar-refractivity contribution is -0.145. The molecule has 0 amide bonds. The molecule has 2 heterocycles. The topological polar surface area (TPSA) is 98.9 Å². The van der Waals surface area contributed by atoms with Gasteiger partial charge in [-0.05, 0) is 12.5 Å². The van der Waals surface area contributed by atoms with Crippen molar-refractivity contribution < 1.29 is 23.9 Å². The Bertz CT molecular complexity index is 930. The molecule has 2 aliphatic heterocycles. The SMILES string of the molecule is COC(=O)C1=C(N)N(C)c2ccccc2[C@@]12C(=O)OC1=C2C(=O)CCC1. The molecule has 0 radical (unpaired) electrons. The molecular weight excluding hydrogens is 336 g/mol. The van der Waals surface area contributed by atoms with Crippen LogP contribution in [-0.4, -0.2) is 31.9 Å². The maximum atomic E-state index is 13.2. The number of para-hydroxylation sites is 1. The number of nitrogens with zero attached hydrogens (tertiary/aromatic N) is 1. The Hall–Kier alpha value is -3.09. The third-order valence-electron chi connectivity index (χ3n) is 5.31. The highest BCUT2D eigenvalue weighted by Crippen LogP contribution is 2.55. The van der Waals surface area contributed by atoms with Gasteiger partial charge in [0.2, 0.25) is 0 Å². The third kappa shape index (κ3) is 1.80. The van der Waals surface area contributed by atoms with E-state index in [2.05, 4.69) is 0 Å². The zero-order chi connectivity index (χ0) is 18.6. The second-order valence-corrected chi connectivity index (χ2v) is 6.54. The summed E-state index contributed by atoms with van der Waals surface area (Å²) in [5, 5.41) is 0. The summed E-state index contributed by atoms with van der Waals surface area (Å²) >= 11 is 0. The molecule has 134 valence electrons. The maximum absolute atomic E-state index is 13.2. The average Bonchev–Trinajstić information content (AvgIpc) is 2.93. The van der Waals surface area contributed by atoms with E-state index in [0.29, 0.717) is 36.3 Å². The fourth-order valence-corrected chi connectivity index (χ4v) is 4.16. The molecule has 1 aliphatic carbocycles. The van der Waals surface area contributed by atoms with E-state index in [1.54, 1.807) is 36.2 Å². The molecule has 0 aromatic heterocycles. The Morgan fingerprint density at radius 2 is 2.00 bits per heavy atom. The number of ketones is 1. The van der Waals surface area contributed by atoms with Gasteiger partial charge in [0.05, 0.1) is 12.7 Å². The van der Waals surface area contributed by atoms with Crippen molar-refractivity contribution in [1.29, 1.82) is 0 Å². The summed E-state index contributed by atoms with van der Waals surface area (Å²) in [7, 11) is 2.91. The summed E-state index contributed by atoms with van der Waals surface area (Å²) < 4.78 is 10.4. The van der Waals surface area contributed by atoms with Crippen molar-refractivity contribution in [3.8, 4) is 0 Å². The minimum atomic E-state index is -1.67. The zero-order valence-electron chi connectivity index (χ0n) is 14.5. The molecule has 0 saturated carbocycles. The minimum Gasteiger partial charge on any atom is -0.466 e. The molecule has 1 aromatic rings. The highest BCUT2D eigenvalue weighted by Gasteiger charge is 2.63. The van der Waals surface area contributed by atoms with Gasteiger partial charge in [0, 0.05) is 31.1 Å². The highest BCUT2D eigenvalue weighted by molar-refractivity contribution is 6.17. The van der Waals surface area contributed by atoms with Crippen LogP contribution in [0.4, 0.5) is 5.69 Å². The normalized spacial score (nSPS) is 24.6. The first-order valence-corrected chi connectivity index (χ1v) is 8.35. The van der Waals surface area contributed by atoms with Gasteiger partial charge in [-0.15, -0.1) is 0 Å². The van der Waals surface area contributed by atoms with Crippen LogP contribution in [0.3, 0.4) is 0 Å². The Kier molecular flexibility index (Phi) is 3.44. The standard InChI is InChI=1S/C19H18N2O5/c1-21-11-7-4-3-6-10(11)19(15(16(21)20)17(23)25-2)14-12(22)8-5-9-13(14)26-18(19)24/h3-4,6-7H,5,8-9,20H2,1-2H3/t19-/m0/s1. The molecule has 4 rings (SSSR count). The molecule has 2 N–H and O–H groups in total. The lowest BCUT2D eigenvalue weighted by atomic mass is 9.64. The largest absolute Gasteiger partial charge is 0.466 e. The van der Waals surface area contributed by atoms with E-state index >= 15 is 0 Å². The molecular formula is C19H18N2O5. The number of methoxy groups -OCH3 is 1. The van der Waals surface area contributed by atoms with Gasteiger partial charge < -0.3 is 20.1 Å². The molecule has 0 saturated heterocycles. The van der Waals surface area contributed by atoms with Crippen molar-refractivity contribution >= 4 is 23.4 Å². The first-order valence-electron chi connectivity index (χ1n) is 8.35. The number of esters is 2. The number of benzene rings is 1. The second kappa shape index (κ2) is 5.45. The van der Waals surface area contributed by atoms with Crippen LogP contribution in [0.5, 0.6) is 0 Å². The first-order chi connectivity index (χ1) is 12.4. The Labute approximate surface area is 150 Å². The smallest absolute Gasteiger partial charge is 0.339 e. The van der Waals surface area contributed by atoms with E-state index in [9.17, 15) is 14.4 Å². The van der Waals surface area contributed by atoms with Crippen molar-refractivity contribution in [3.63, 3.8) is 0 Å². The average molecular weight is 354 g/mol. The molecule has 0 bridgehead atoms. The number of Topliss-reactive ketones (excluding diaryl/α,β-unsaturated/α-hetero) is 1. The van der Waals surface area contributed by atoms with E-state index in [1.165, 1.54) is 7.11 Å². The van der Waals surface area contributed by atoms with Gasteiger partial charge in [-0.2, -0.15) is 0 Å². The first kappa shape index (κ1) is 16.4. The maximum Gasteiger partial charge on any atom is 0.339 e. The molecule has 1 atom stereocenters. The third-order valence-corrected chi connectivity index (χ3v) is 5.31. The monoisotopic (exact) mass is 354 g/mol. The van der Waals surface area contributed by atoms with Crippen LogP contribution >= 0.6 is 0 Å². The van der Waals surface area contributed by atoms with E-state index in [0.717, 1.165) is 0 Å². The molecule has 7 heteroatoms. The number of carbonyl (C=O) groups excluding carboxylic acids is 3. The highest BCUT2D eigenvalue weighted by atomic mass is 16.5. The number of ether oxygens (including phenoxy) is 2. The second-order valence-electron chi connectivity index (χ2n) is 6.54. The minimum absolute atomic E-state index is 0.0635. The molecule has 0 fully saturated rings. The summed E-state index contributed by atoms with van der Waals surface area (Å²) in [4.78, 5) is 40.3. The number of nitrogens with two attached hydrogens (primary N) is 1. The molecule has 26 heavy (non-hydrogen) atoms. The van der Waals surface area contributed by atoms with Gasteiger partial charge in [-0.1, -0.05) is 18.2 Å². The predicted molar refractivity (Wildman–Crippen MR) is 91.7 cm³/mol. The predicted octanol–water partition coefficient (Wildman–Crippen LogP) is 1.28. The van der Waals surface area contributed by atoms with Gasteiger partial charge >= 0.3 is 11.9 Å². The van der Waals surface area contributed by atoms with Crippen LogP contribution in [-0.2, 0) is 29.3 Å². The van der Waals surface area contributed by atoms with Crippen molar-refractivity contribution in [2.24, 2.45) is 5.73 Å². The van der Waals surface area contributed by atoms with Crippen LogP contribution in [0.1, 0.15) is 24.8 Å². The van der Waals surface area contributed by atoms with Gasteiger partial charge in [-0.3, -0.25) is 4.79 Å². The van der Waals surface area contributed by atoms with Crippen molar-refractivity contribution in [1.82, 2.24) is 0 Å². The molecule has 3 aliphatic rings. The summed E-state index contributed by atoms with van der Waals surface area (Å²) in [6.45, 7) is 0. The van der Waals surface area contributed by atoms with Crippen molar-refractivity contribution in [2.75, 3.05) is 19.1 Å². The van der Waals surface area contributed by atoms with Crippen molar-refractivity contribution in [3.05, 3.63) is 52.6 Å². The molecule has 1 aromatic carbocycles. The van der Waals surface area contributed by atoms with E-state index in [1.807, 2.05) is 0 Å². The van der Waals surface area contributed by atoms with Crippen molar-refractivity contribution in [2.45, 2.75) is 24.7 Å². The van der Waals surface area contributed by atoms with Gasteiger partial charge in [0.1, 0.15) is 17.2 Å². The fourth-order valence-electron chi connectivity index (χ4n) is 4.16. The summed E-state index contributed by atoms with van der Waals surface area (Å²) in [6.07, 6.45) is 1.37. The van der Waals surface area contributed by atoms with E-state index in [-0.39, 0.29) is 22.8 Å². The zero-order valence-corrected chi connectivity index (χ0v) is 14.5. The van der Waals surface area contributed by atoms with Crippen LogP contribution in [0.2, 0.25) is 0 Å². The van der Waals surface area contributed by atoms with E-state index in [4.69, 9.17) is 15.2 Å². The Balaban J connectivity index is 2.15. The Morgan fingerprint density at radius 3 is 2.73 bits per heavy atom. The van der Waals surface area contributed by atoms with Crippen LogP contribution in [0.25, 0.3) is 0 Å². The lowest BCUT2D eigenvalue weighted by Crippen LogP contribution is -2.49. The number of rotatable bonds is 1. The number of carbonyl (C=O) groups is 3. The molecule has 1 spiro atoms. The Morgan fingerprint density at radius 1 is 1.27 bits per heavy atom. The number of fused-ring (bicyclic) bond motifs is 3. The van der Waals surface area contributed by atoms with Gasteiger partial charge in [0.15, 0.2) is 11.2 Å². The van der Waals surface area contributed by atoms with Gasteiger partial charge in [0.25, 0.3) is 0 Å². The van der Waals surface area contributed by atoms with Crippen LogP contribution in [0, 0.1) is 0 Å². The number of hydrogen-bond acceptors (Lipinski definition) is 7. The summed E-state index contributed by atoms with van der Waals surface area (Å²) in [5.74, 6) is -1.24. The number of hydrogen-bond donors (Lipinski definition) is 1. The summed E-state index contributed by atoms with van der Waals surface area (Å²) in [5.41, 5.74) is 5.89. The van der Waals surface area contributed by atoms with Gasteiger partial charge in [-0.25, -0.2) is 9.59 Å². The van der Waals surface area contributed by atoms with Crippen LogP contribution < -0.4 is 10.6 Å². The molecule has 0 unspecified atom stereocenters. The van der Waals surface area contributed by atoms with E-state index < -0.39 is 17.4 Å². The summed E-state index contributed by atoms with van der Waals surface area (Å²) in [6, 6.07) is 7.07. The molecule has 7 nitrogen and oxygen atoms in total. The number of anilines is 1. The van der Waals surface area contributed by atoms with Crippen LogP contribution in [0.15, 0.2) is 47.0 Å². The fraction of sp³-hybridized carbons (Fsp3) is 0.316. The quantitative estimate of drug-likeness (QED) is 0.759.